The largest absolute Gasteiger partial charge is 0.423 e. The second kappa shape index (κ2) is 5.91. The monoisotopic (exact) mass is 310 g/mol. The summed E-state index contributed by atoms with van der Waals surface area (Å²) in [5, 5.41) is 0.538. The number of hydrogen-bond acceptors (Lipinski definition) is 5. The summed E-state index contributed by atoms with van der Waals surface area (Å²) in [5.41, 5.74) is 0.670. The third kappa shape index (κ3) is 3.11. The van der Waals surface area contributed by atoms with Crippen molar-refractivity contribution in [2.75, 3.05) is 44.3 Å². The van der Waals surface area contributed by atoms with Crippen LogP contribution in [0.5, 0.6) is 5.75 Å². The van der Waals surface area contributed by atoms with Crippen LogP contribution in [-0.4, -0.2) is 56.2 Å². The highest BCUT2D eigenvalue weighted by Crippen LogP contribution is 2.34. The number of fused-ring (bicyclic) bond motifs is 1. The number of hydrogen-bond donors (Lipinski definition) is 0. The molecule has 0 bridgehead atoms. The summed E-state index contributed by atoms with van der Waals surface area (Å²) >= 11 is 5.98. The Morgan fingerprint density at radius 2 is 2.05 bits per heavy atom. The highest BCUT2D eigenvalue weighted by Gasteiger charge is 2.28. The van der Waals surface area contributed by atoms with Gasteiger partial charge in [0, 0.05) is 18.1 Å². The van der Waals surface area contributed by atoms with Crippen LogP contribution in [0.3, 0.4) is 0 Å². The number of anilines is 1. The molecule has 0 atom stereocenters. The number of esters is 1. The lowest BCUT2D eigenvalue weighted by Crippen LogP contribution is -2.48. The van der Waals surface area contributed by atoms with Crippen molar-refractivity contribution in [3.63, 3.8) is 0 Å². The van der Waals surface area contributed by atoms with Crippen LogP contribution in [0.15, 0.2) is 18.2 Å². The summed E-state index contributed by atoms with van der Waals surface area (Å²) in [6.45, 7) is 2.44. The van der Waals surface area contributed by atoms with E-state index < -0.39 is 0 Å². The number of rotatable bonds is 2. The zero-order valence-electron chi connectivity index (χ0n) is 11.4. The molecule has 3 rings (SSSR count). The first-order chi connectivity index (χ1) is 10.1. The number of halogens is 1. The molecule has 2 aliphatic heterocycles. The SMILES string of the molecule is O=C1CN(CC(=O)N2CCOCC2)c2cc(Cl)ccc2O1. The van der Waals surface area contributed by atoms with E-state index in [0.29, 0.717) is 42.8 Å². The van der Waals surface area contributed by atoms with Crippen molar-refractivity contribution in [1.29, 1.82) is 0 Å². The molecule has 2 aliphatic rings. The van der Waals surface area contributed by atoms with Crippen LogP contribution in [-0.2, 0) is 14.3 Å². The van der Waals surface area contributed by atoms with Gasteiger partial charge in [-0.25, -0.2) is 4.79 Å². The lowest BCUT2D eigenvalue weighted by Gasteiger charge is -2.33. The van der Waals surface area contributed by atoms with Crippen molar-refractivity contribution in [3.8, 4) is 5.75 Å². The van der Waals surface area contributed by atoms with Crippen LogP contribution < -0.4 is 9.64 Å². The van der Waals surface area contributed by atoms with Gasteiger partial charge < -0.3 is 19.3 Å². The Hall–Kier alpha value is -1.79. The highest BCUT2D eigenvalue weighted by atomic mass is 35.5. The maximum absolute atomic E-state index is 12.3. The fourth-order valence-corrected chi connectivity index (χ4v) is 2.60. The standard InChI is InChI=1S/C14H15ClN2O4/c15-10-1-2-12-11(7-10)17(9-14(19)21-12)8-13(18)16-3-5-20-6-4-16/h1-2,7H,3-6,8-9H2. The predicted molar refractivity (Wildman–Crippen MR) is 76.7 cm³/mol. The topological polar surface area (TPSA) is 59.1 Å². The minimum atomic E-state index is -0.375. The van der Waals surface area contributed by atoms with Crippen LogP contribution >= 0.6 is 11.6 Å². The second-order valence-corrected chi connectivity index (χ2v) is 5.37. The molecule has 21 heavy (non-hydrogen) atoms. The van der Waals surface area contributed by atoms with Gasteiger partial charge in [-0.15, -0.1) is 0 Å². The van der Waals surface area contributed by atoms with Gasteiger partial charge >= 0.3 is 5.97 Å². The molecule has 112 valence electrons. The zero-order valence-corrected chi connectivity index (χ0v) is 12.1. The summed E-state index contributed by atoms with van der Waals surface area (Å²) < 4.78 is 10.4. The fourth-order valence-electron chi connectivity index (χ4n) is 2.44. The normalized spacial score (nSPS) is 18.2. The number of carbonyl (C=O) groups excluding carboxylic acids is 2. The van der Waals surface area contributed by atoms with Crippen molar-refractivity contribution in [2.24, 2.45) is 0 Å². The van der Waals surface area contributed by atoms with Crippen LogP contribution in [0.1, 0.15) is 0 Å². The number of morpholine rings is 1. The Balaban J connectivity index is 1.77. The van der Waals surface area contributed by atoms with Gasteiger partial charge in [0.1, 0.15) is 6.54 Å². The van der Waals surface area contributed by atoms with Crippen molar-refractivity contribution in [3.05, 3.63) is 23.2 Å². The molecule has 1 saturated heterocycles. The van der Waals surface area contributed by atoms with Gasteiger partial charge in [-0.3, -0.25) is 4.79 Å². The molecule has 0 aromatic heterocycles. The summed E-state index contributed by atoms with van der Waals surface area (Å²) in [5.74, 6) is 0.0314. The molecule has 0 saturated carbocycles. The van der Waals surface area contributed by atoms with E-state index in [9.17, 15) is 9.59 Å². The number of carbonyl (C=O) groups is 2. The van der Waals surface area contributed by atoms with Crippen molar-refractivity contribution in [2.45, 2.75) is 0 Å². The third-order valence-corrected chi connectivity index (χ3v) is 3.73. The first kappa shape index (κ1) is 14.2. The van der Waals surface area contributed by atoms with Gasteiger partial charge in [0.15, 0.2) is 5.75 Å². The van der Waals surface area contributed by atoms with Crippen molar-refractivity contribution >= 4 is 29.2 Å². The number of nitrogens with zero attached hydrogens (tertiary/aromatic N) is 2. The van der Waals surface area contributed by atoms with E-state index >= 15 is 0 Å². The molecule has 0 spiro atoms. The second-order valence-electron chi connectivity index (χ2n) is 4.94. The van der Waals surface area contributed by atoms with E-state index in [0.717, 1.165) is 0 Å². The van der Waals surface area contributed by atoms with Gasteiger partial charge in [0.25, 0.3) is 0 Å². The maximum Gasteiger partial charge on any atom is 0.331 e. The molecule has 0 aliphatic carbocycles. The van der Waals surface area contributed by atoms with E-state index in [1.54, 1.807) is 28.0 Å². The molecule has 1 amide bonds. The van der Waals surface area contributed by atoms with Gasteiger partial charge in [-0.05, 0) is 18.2 Å². The number of benzene rings is 1. The molecule has 6 nitrogen and oxygen atoms in total. The van der Waals surface area contributed by atoms with Gasteiger partial charge in [-0.2, -0.15) is 0 Å². The van der Waals surface area contributed by atoms with E-state index in [1.165, 1.54) is 0 Å². The molecule has 1 aromatic carbocycles. The van der Waals surface area contributed by atoms with Crippen LogP contribution in [0, 0.1) is 0 Å². The van der Waals surface area contributed by atoms with Crippen molar-refractivity contribution < 1.29 is 19.1 Å². The predicted octanol–water partition coefficient (Wildman–Crippen LogP) is 0.924. The van der Waals surface area contributed by atoms with Gasteiger partial charge in [0.2, 0.25) is 5.91 Å². The minimum absolute atomic E-state index is 0.0288. The van der Waals surface area contributed by atoms with Gasteiger partial charge in [-0.1, -0.05) is 11.6 Å². The van der Waals surface area contributed by atoms with E-state index in [4.69, 9.17) is 21.1 Å². The van der Waals surface area contributed by atoms with E-state index in [-0.39, 0.29) is 25.0 Å². The average Bonchev–Trinajstić information content (AvgIpc) is 2.49. The Morgan fingerprint density at radius 1 is 1.29 bits per heavy atom. The number of ether oxygens (including phenoxy) is 2. The minimum Gasteiger partial charge on any atom is -0.423 e. The smallest absolute Gasteiger partial charge is 0.331 e. The fraction of sp³-hybridized carbons (Fsp3) is 0.429. The molecule has 0 unspecified atom stereocenters. The van der Waals surface area contributed by atoms with Crippen LogP contribution in [0.2, 0.25) is 5.02 Å². The first-order valence-corrected chi connectivity index (χ1v) is 7.12. The maximum atomic E-state index is 12.3. The lowest BCUT2D eigenvalue weighted by molar-refractivity contribution is -0.134. The van der Waals surface area contributed by atoms with Crippen LogP contribution in [0.25, 0.3) is 0 Å². The molecule has 0 N–H and O–H groups in total. The summed E-state index contributed by atoms with van der Waals surface area (Å²) in [4.78, 5) is 27.4. The Morgan fingerprint density at radius 3 is 2.81 bits per heavy atom. The first-order valence-electron chi connectivity index (χ1n) is 6.74. The molecule has 1 aromatic rings. The summed E-state index contributed by atoms with van der Waals surface area (Å²) in [6, 6.07) is 5.00. The van der Waals surface area contributed by atoms with E-state index in [2.05, 4.69) is 0 Å². The number of amides is 1. The third-order valence-electron chi connectivity index (χ3n) is 3.50. The summed E-state index contributed by atoms with van der Waals surface area (Å²) in [7, 11) is 0. The Bertz CT molecular complexity index is 572. The molecular formula is C14H15ClN2O4. The lowest BCUT2D eigenvalue weighted by atomic mass is 10.2. The van der Waals surface area contributed by atoms with Crippen LogP contribution in [0.4, 0.5) is 5.69 Å². The highest BCUT2D eigenvalue weighted by molar-refractivity contribution is 6.31. The average molecular weight is 311 g/mol. The quantitative estimate of drug-likeness (QED) is 0.600. The van der Waals surface area contributed by atoms with E-state index in [1.807, 2.05) is 0 Å². The Kier molecular flexibility index (Phi) is 3.98. The molecule has 2 heterocycles. The molecular weight excluding hydrogens is 296 g/mol. The van der Waals surface area contributed by atoms with Crippen molar-refractivity contribution in [1.82, 2.24) is 4.90 Å². The summed E-state index contributed by atoms with van der Waals surface area (Å²) in [6.07, 6.45) is 0. The molecule has 0 radical (unpaired) electrons. The molecule has 1 fully saturated rings. The zero-order chi connectivity index (χ0) is 14.8. The van der Waals surface area contributed by atoms with Gasteiger partial charge in [0.05, 0.1) is 25.4 Å². The molecule has 7 heteroatoms. The Labute approximate surface area is 127 Å².